The van der Waals surface area contributed by atoms with Crippen LogP contribution in [0.4, 0.5) is 24.7 Å². The molecular formula is C20H23F3N4OS. The first kappa shape index (κ1) is 21.4. The van der Waals surface area contributed by atoms with E-state index < -0.39 is 17.6 Å². The number of halogens is 3. The van der Waals surface area contributed by atoms with Crippen molar-refractivity contribution in [3.63, 3.8) is 0 Å². The van der Waals surface area contributed by atoms with E-state index in [9.17, 15) is 18.0 Å². The smallest absolute Gasteiger partial charge is 0.356 e. The summed E-state index contributed by atoms with van der Waals surface area (Å²) in [4.78, 5) is 22.9. The predicted molar refractivity (Wildman–Crippen MR) is 108 cm³/mol. The summed E-state index contributed by atoms with van der Waals surface area (Å²) in [5.41, 5.74) is -0.682. The normalized spacial score (nSPS) is 19.8. The molecule has 1 amide bonds. The first-order valence-corrected chi connectivity index (χ1v) is 10.4. The van der Waals surface area contributed by atoms with Gasteiger partial charge in [0.25, 0.3) is 0 Å². The Morgan fingerprint density at radius 2 is 1.93 bits per heavy atom. The molecule has 0 radical (unpaired) electrons. The molecule has 1 aliphatic rings. The molecule has 0 spiro atoms. The van der Waals surface area contributed by atoms with Crippen molar-refractivity contribution in [2.45, 2.75) is 31.5 Å². The van der Waals surface area contributed by atoms with Gasteiger partial charge >= 0.3 is 6.18 Å². The van der Waals surface area contributed by atoms with Gasteiger partial charge in [-0.1, -0.05) is 31.7 Å². The summed E-state index contributed by atoms with van der Waals surface area (Å²) in [7, 11) is 0. The Bertz CT molecular complexity index is 852. The molecule has 9 heteroatoms. The second kappa shape index (κ2) is 9.02. The maximum Gasteiger partial charge on any atom is 0.416 e. The van der Waals surface area contributed by atoms with Gasteiger partial charge in [-0.2, -0.15) is 13.2 Å². The van der Waals surface area contributed by atoms with Gasteiger partial charge in [0.05, 0.1) is 11.3 Å². The van der Waals surface area contributed by atoms with Crippen molar-refractivity contribution in [2.24, 2.45) is 11.8 Å². The van der Waals surface area contributed by atoms with Gasteiger partial charge in [0.1, 0.15) is 17.2 Å². The number of rotatable bonds is 5. The highest BCUT2D eigenvalue weighted by atomic mass is 32.2. The zero-order valence-electron chi connectivity index (χ0n) is 16.2. The molecule has 0 aliphatic carbocycles. The topological polar surface area (TPSA) is 58.1 Å². The summed E-state index contributed by atoms with van der Waals surface area (Å²) in [6.07, 6.45) is -1.78. The number of nitrogens with one attached hydrogen (secondary N) is 1. The minimum atomic E-state index is -4.45. The Morgan fingerprint density at radius 1 is 1.21 bits per heavy atom. The largest absolute Gasteiger partial charge is 0.416 e. The molecule has 2 atom stereocenters. The van der Waals surface area contributed by atoms with Gasteiger partial charge < -0.3 is 10.2 Å². The van der Waals surface area contributed by atoms with Crippen LogP contribution in [-0.4, -0.2) is 34.7 Å². The number of piperidine rings is 1. The van der Waals surface area contributed by atoms with E-state index in [1.54, 1.807) is 0 Å². The van der Waals surface area contributed by atoms with Crippen molar-refractivity contribution < 1.29 is 18.0 Å². The van der Waals surface area contributed by atoms with Gasteiger partial charge in [-0.25, -0.2) is 9.97 Å². The number of hydrogen-bond acceptors (Lipinski definition) is 5. The summed E-state index contributed by atoms with van der Waals surface area (Å²) in [6.45, 7) is 6.30. The molecule has 0 saturated carbocycles. The first-order chi connectivity index (χ1) is 13.7. The molecule has 2 aromatic rings. The highest BCUT2D eigenvalue weighted by molar-refractivity contribution is 7.99. The Hall–Kier alpha value is -2.29. The van der Waals surface area contributed by atoms with E-state index in [0.29, 0.717) is 16.9 Å². The monoisotopic (exact) mass is 424 g/mol. The van der Waals surface area contributed by atoms with E-state index in [1.165, 1.54) is 36.6 Å². The van der Waals surface area contributed by atoms with Crippen LogP contribution in [0.1, 0.15) is 25.8 Å². The molecule has 3 rings (SSSR count). The van der Waals surface area contributed by atoms with Crippen molar-refractivity contribution in [3.8, 4) is 0 Å². The fraction of sp³-hybridized carbons (Fsp3) is 0.450. The molecule has 1 aromatic carbocycles. The lowest BCUT2D eigenvalue weighted by atomic mass is 9.92. The average Bonchev–Trinajstić information content (AvgIpc) is 2.65. The molecular weight excluding hydrogens is 401 g/mol. The molecule has 0 bridgehead atoms. The summed E-state index contributed by atoms with van der Waals surface area (Å²) in [5, 5.41) is 3.15. The van der Waals surface area contributed by atoms with Crippen molar-refractivity contribution in [1.82, 2.24) is 9.97 Å². The van der Waals surface area contributed by atoms with E-state index in [2.05, 4.69) is 34.0 Å². The van der Waals surface area contributed by atoms with Gasteiger partial charge in [0, 0.05) is 24.8 Å². The third-order valence-electron chi connectivity index (χ3n) is 4.65. The Morgan fingerprint density at radius 3 is 2.62 bits per heavy atom. The Labute approximate surface area is 172 Å². The third-order valence-corrected chi connectivity index (χ3v) is 5.57. The quantitative estimate of drug-likeness (QED) is 0.557. The lowest BCUT2D eigenvalue weighted by molar-refractivity contribution is -0.137. The zero-order valence-corrected chi connectivity index (χ0v) is 17.1. The number of alkyl halides is 3. The minimum absolute atomic E-state index is 0.0412. The van der Waals surface area contributed by atoms with E-state index >= 15 is 0 Å². The molecule has 1 fully saturated rings. The SMILES string of the molecule is C[C@@H]1C[C@@H](C)CN(c2cc(SCC(=O)Nc3cccc(C(F)(F)F)c3)ncn2)C1. The molecule has 5 nitrogen and oxygen atoms in total. The van der Waals surface area contributed by atoms with Crippen molar-refractivity contribution in [1.29, 1.82) is 0 Å². The van der Waals surface area contributed by atoms with Gasteiger partial charge in [-0.05, 0) is 36.5 Å². The number of carbonyl (C=O) groups is 1. The van der Waals surface area contributed by atoms with Crippen LogP contribution in [0.3, 0.4) is 0 Å². The van der Waals surface area contributed by atoms with Crippen LogP contribution in [0.2, 0.25) is 0 Å². The fourth-order valence-corrected chi connectivity index (χ4v) is 4.20. The Balaban J connectivity index is 1.58. The number of carbonyl (C=O) groups excluding carboxylic acids is 1. The van der Waals surface area contributed by atoms with Crippen LogP contribution in [-0.2, 0) is 11.0 Å². The van der Waals surface area contributed by atoms with Gasteiger partial charge in [0.2, 0.25) is 5.91 Å². The summed E-state index contributed by atoms with van der Waals surface area (Å²) >= 11 is 1.23. The summed E-state index contributed by atoms with van der Waals surface area (Å²) in [6, 6.07) is 6.44. The number of amides is 1. The molecule has 1 saturated heterocycles. The fourth-order valence-electron chi connectivity index (χ4n) is 3.54. The highest BCUT2D eigenvalue weighted by Crippen LogP contribution is 2.31. The summed E-state index contributed by atoms with van der Waals surface area (Å²) in [5.74, 6) is 1.65. The molecule has 1 aromatic heterocycles. The Kier molecular flexibility index (Phi) is 6.66. The van der Waals surface area contributed by atoms with Gasteiger partial charge in [-0.15, -0.1) is 0 Å². The van der Waals surface area contributed by atoms with E-state index in [-0.39, 0.29) is 11.4 Å². The average molecular weight is 424 g/mol. The second-order valence-electron chi connectivity index (χ2n) is 7.48. The molecule has 156 valence electrons. The van der Waals surface area contributed by atoms with E-state index in [1.807, 2.05) is 6.07 Å². The third kappa shape index (κ3) is 6.09. The van der Waals surface area contributed by atoms with Crippen LogP contribution in [0.5, 0.6) is 0 Å². The first-order valence-electron chi connectivity index (χ1n) is 9.37. The van der Waals surface area contributed by atoms with Crippen LogP contribution in [0.25, 0.3) is 0 Å². The second-order valence-corrected chi connectivity index (χ2v) is 8.48. The standard InChI is InChI=1S/C20H23F3N4OS/c1-13-6-14(2)10-27(9-13)17-8-19(25-12-24-17)29-11-18(28)26-16-5-3-4-15(7-16)20(21,22)23/h3-5,7-8,12-14H,6,9-11H2,1-2H3,(H,26,28)/t13-,14-/m1/s1. The van der Waals surface area contributed by atoms with Crippen LogP contribution < -0.4 is 10.2 Å². The maximum atomic E-state index is 12.8. The molecule has 1 aliphatic heterocycles. The number of aromatic nitrogens is 2. The van der Waals surface area contributed by atoms with Crippen LogP contribution in [0, 0.1) is 11.8 Å². The lowest BCUT2D eigenvalue weighted by Crippen LogP contribution is -2.39. The van der Waals surface area contributed by atoms with E-state index in [4.69, 9.17) is 0 Å². The molecule has 29 heavy (non-hydrogen) atoms. The molecule has 0 unspecified atom stereocenters. The van der Waals surface area contributed by atoms with Crippen LogP contribution in [0.15, 0.2) is 41.7 Å². The van der Waals surface area contributed by atoms with Crippen LogP contribution >= 0.6 is 11.8 Å². The zero-order chi connectivity index (χ0) is 21.0. The predicted octanol–water partition coefficient (Wildman–Crippen LogP) is 4.71. The van der Waals surface area contributed by atoms with Gasteiger partial charge in [-0.3, -0.25) is 4.79 Å². The minimum Gasteiger partial charge on any atom is -0.356 e. The van der Waals surface area contributed by atoms with E-state index in [0.717, 1.165) is 31.0 Å². The number of hydrogen-bond donors (Lipinski definition) is 1. The molecule has 1 N–H and O–H groups in total. The maximum absolute atomic E-state index is 12.8. The lowest BCUT2D eigenvalue weighted by Gasteiger charge is -2.35. The molecule has 2 heterocycles. The number of nitrogens with zero attached hydrogens (tertiary/aromatic N) is 3. The van der Waals surface area contributed by atoms with Crippen molar-refractivity contribution in [3.05, 3.63) is 42.2 Å². The summed E-state index contributed by atoms with van der Waals surface area (Å²) < 4.78 is 38.3. The number of thioether (sulfide) groups is 1. The van der Waals surface area contributed by atoms with Gasteiger partial charge in [0.15, 0.2) is 0 Å². The number of anilines is 2. The van der Waals surface area contributed by atoms with Crippen molar-refractivity contribution >= 4 is 29.2 Å². The van der Waals surface area contributed by atoms with Crippen molar-refractivity contribution in [2.75, 3.05) is 29.1 Å². The highest BCUT2D eigenvalue weighted by Gasteiger charge is 2.30. The number of benzene rings is 1.